The number of aromatic nitrogens is 1. The highest BCUT2D eigenvalue weighted by Gasteiger charge is 2.15. The van der Waals surface area contributed by atoms with Gasteiger partial charge in [0.1, 0.15) is 0 Å². The lowest BCUT2D eigenvalue weighted by molar-refractivity contribution is 0.0691. The van der Waals surface area contributed by atoms with E-state index < -0.39 is 5.97 Å². The van der Waals surface area contributed by atoms with Crippen LogP contribution in [0.3, 0.4) is 0 Å². The SMILES string of the molecule is CC1=CCN(C(=O)NCCc2nc(C(=O)O)cs2)CC1. The second-order valence-corrected chi connectivity index (χ2v) is 5.60. The van der Waals surface area contributed by atoms with Crippen LogP contribution in [0.5, 0.6) is 0 Å². The van der Waals surface area contributed by atoms with Gasteiger partial charge in [0.25, 0.3) is 0 Å². The number of rotatable bonds is 4. The van der Waals surface area contributed by atoms with Gasteiger partial charge in [-0.1, -0.05) is 11.6 Å². The minimum Gasteiger partial charge on any atom is -0.476 e. The van der Waals surface area contributed by atoms with Crippen LogP contribution in [0.15, 0.2) is 17.0 Å². The largest absolute Gasteiger partial charge is 0.476 e. The fourth-order valence-electron chi connectivity index (χ4n) is 1.87. The van der Waals surface area contributed by atoms with E-state index >= 15 is 0 Å². The van der Waals surface area contributed by atoms with E-state index in [2.05, 4.69) is 23.3 Å². The average Bonchev–Trinajstić information content (AvgIpc) is 2.88. The van der Waals surface area contributed by atoms with Gasteiger partial charge in [0, 0.05) is 31.4 Å². The Balaban J connectivity index is 1.75. The Morgan fingerprint density at radius 1 is 1.55 bits per heavy atom. The molecule has 0 fully saturated rings. The molecule has 0 aliphatic carbocycles. The first-order valence-electron chi connectivity index (χ1n) is 6.42. The lowest BCUT2D eigenvalue weighted by Gasteiger charge is -2.25. The summed E-state index contributed by atoms with van der Waals surface area (Å²) in [6.07, 6.45) is 3.53. The Morgan fingerprint density at radius 3 is 2.95 bits per heavy atom. The van der Waals surface area contributed by atoms with Crippen molar-refractivity contribution in [3.05, 3.63) is 27.7 Å². The summed E-state index contributed by atoms with van der Waals surface area (Å²) in [5.41, 5.74) is 1.38. The molecule has 1 aliphatic heterocycles. The van der Waals surface area contributed by atoms with E-state index in [1.165, 1.54) is 22.3 Å². The first kappa shape index (κ1) is 14.5. The number of carboxylic acid groups (broad SMARTS) is 1. The highest BCUT2D eigenvalue weighted by Crippen LogP contribution is 2.11. The molecule has 2 N–H and O–H groups in total. The summed E-state index contributed by atoms with van der Waals surface area (Å²) in [7, 11) is 0. The van der Waals surface area contributed by atoms with Crippen molar-refractivity contribution in [1.82, 2.24) is 15.2 Å². The van der Waals surface area contributed by atoms with Crippen LogP contribution in [0.25, 0.3) is 0 Å². The number of carbonyl (C=O) groups is 2. The lowest BCUT2D eigenvalue weighted by atomic mass is 10.1. The van der Waals surface area contributed by atoms with Crippen molar-refractivity contribution in [1.29, 1.82) is 0 Å². The number of carboxylic acids is 1. The lowest BCUT2D eigenvalue weighted by Crippen LogP contribution is -2.42. The van der Waals surface area contributed by atoms with E-state index in [9.17, 15) is 9.59 Å². The van der Waals surface area contributed by atoms with Gasteiger partial charge in [0.15, 0.2) is 5.69 Å². The maximum atomic E-state index is 11.9. The summed E-state index contributed by atoms with van der Waals surface area (Å²) in [6, 6.07) is -0.0798. The van der Waals surface area contributed by atoms with Gasteiger partial charge >= 0.3 is 12.0 Å². The molecular weight excluding hydrogens is 278 g/mol. The Bertz CT molecular complexity index is 539. The number of carbonyl (C=O) groups excluding carboxylic acids is 1. The highest BCUT2D eigenvalue weighted by atomic mass is 32.1. The Labute approximate surface area is 121 Å². The van der Waals surface area contributed by atoms with Crippen LogP contribution < -0.4 is 5.32 Å². The molecule has 1 aromatic heterocycles. The number of hydrogen-bond acceptors (Lipinski definition) is 4. The summed E-state index contributed by atoms with van der Waals surface area (Å²) < 4.78 is 0. The van der Waals surface area contributed by atoms with E-state index in [1.807, 2.05) is 0 Å². The van der Waals surface area contributed by atoms with Crippen LogP contribution in [0, 0.1) is 0 Å². The molecule has 2 amide bonds. The predicted octanol–water partition coefficient (Wildman–Crippen LogP) is 1.75. The smallest absolute Gasteiger partial charge is 0.355 e. The third-order valence-electron chi connectivity index (χ3n) is 3.11. The van der Waals surface area contributed by atoms with Crippen molar-refractivity contribution >= 4 is 23.3 Å². The Hall–Kier alpha value is -1.89. The number of hydrogen-bond donors (Lipinski definition) is 2. The minimum absolute atomic E-state index is 0.0629. The molecule has 0 aromatic carbocycles. The summed E-state index contributed by atoms with van der Waals surface area (Å²) in [6.45, 7) is 3.93. The highest BCUT2D eigenvalue weighted by molar-refractivity contribution is 7.09. The standard InChI is InChI=1S/C13H17N3O3S/c1-9-3-6-16(7-4-9)13(19)14-5-2-11-15-10(8-20-11)12(17)18/h3,8H,2,4-7H2,1H3,(H,14,19)(H,17,18). The summed E-state index contributed by atoms with van der Waals surface area (Å²) in [5, 5.41) is 13.8. The van der Waals surface area contributed by atoms with Gasteiger partial charge in [-0.3, -0.25) is 0 Å². The molecule has 0 atom stereocenters. The molecule has 0 saturated heterocycles. The first-order valence-corrected chi connectivity index (χ1v) is 7.30. The molecule has 2 heterocycles. The molecule has 2 rings (SSSR count). The summed E-state index contributed by atoms with van der Waals surface area (Å²) in [4.78, 5) is 28.3. The molecule has 1 aliphatic rings. The average molecular weight is 295 g/mol. The zero-order valence-electron chi connectivity index (χ0n) is 11.3. The number of nitrogens with zero attached hydrogens (tertiary/aromatic N) is 2. The molecule has 1 aromatic rings. The van der Waals surface area contributed by atoms with Crippen LogP contribution >= 0.6 is 11.3 Å². The molecule has 0 bridgehead atoms. The molecule has 6 nitrogen and oxygen atoms in total. The number of thiazole rings is 1. The van der Waals surface area contributed by atoms with Crippen molar-refractivity contribution in [2.24, 2.45) is 0 Å². The predicted molar refractivity (Wildman–Crippen MR) is 76.1 cm³/mol. The molecule has 0 unspecified atom stereocenters. The first-order chi connectivity index (χ1) is 9.56. The monoisotopic (exact) mass is 295 g/mol. The number of aromatic carboxylic acids is 1. The van der Waals surface area contributed by atoms with Gasteiger partial charge in [-0.05, 0) is 13.3 Å². The normalized spacial score (nSPS) is 14.8. The van der Waals surface area contributed by atoms with Crippen LogP contribution in [0.2, 0.25) is 0 Å². The third kappa shape index (κ3) is 3.80. The summed E-state index contributed by atoms with van der Waals surface area (Å²) in [5.74, 6) is -1.02. The quantitative estimate of drug-likeness (QED) is 0.829. The number of urea groups is 1. The van der Waals surface area contributed by atoms with Gasteiger partial charge in [0.2, 0.25) is 0 Å². The van der Waals surface area contributed by atoms with E-state index in [-0.39, 0.29) is 11.7 Å². The van der Waals surface area contributed by atoms with E-state index in [1.54, 1.807) is 4.90 Å². The van der Waals surface area contributed by atoms with Gasteiger partial charge in [-0.25, -0.2) is 14.6 Å². The molecule has 0 radical (unpaired) electrons. The molecule has 7 heteroatoms. The van der Waals surface area contributed by atoms with Crippen LogP contribution in [0.4, 0.5) is 4.79 Å². The van der Waals surface area contributed by atoms with Crippen molar-refractivity contribution in [3.8, 4) is 0 Å². The third-order valence-corrected chi connectivity index (χ3v) is 4.02. The van der Waals surface area contributed by atoms with Crippen LogP contribution in [-0.4, -0.2) is 46.6 Å². The molecule has 20 heavy (non-hydrogen) atoms. The fraction of sp³-hybridized carbons (Fsp3) is 0.462. The van der Waals surface area contributed by atoms with Crippen molar-refractivity contribution < 1.29 is 14.7 Å². The molecule has 108 valence electrons. The number of nitrogens with one attached hydrogen (secondary N) is 1. The van der Waals surface area contributed by atoms with Crippen molar-refractivity contribution in [3.63, 3.8) is 0 Å². The molecular formula is C13H17N3O3S. The van der Waals surface area contributed by atoms with E-state index in [0.717, 1.165) is 18.0 Å². The van der Waals surface area contributed by atoms with E-state index in [0.29, 0.717) is 19.5 Å². The van der Waals surface area contributed by atoms with E-state index in [4.69, 9.17) is 5.11 Å². The Kier molecular flexibility index (Phi) is 4.73. The fourth-order valence-corrected chi connectivity index (χ4v) is 2.64. The minimum atomic E-state index is -1.02. The zero-order valence-corrected chi connectivity index (χ0v) is 12.1. The second-order valence-electron chi connectivity index (χ2n) is 4.66. The second kappa shape index (κ2) is 6.51. The van der Waals surface area contributed by atoms with Crippen LogP contribution in [-0.2, 0) is 6.42 Å². The topological polar surface area (TPSA) is 82.5 Å². The van der Waals surface area contributed by atoms with Crippen molar-refractivity contribution in [2.75, 3.05) is 19.6 Å². The van der Waals surface area contributed by atoms with Crippen LogP contribution in [0.1, 0.15) is 28.8 Å². The molecule has 0 spiro atoms. The zero-order chi connectivity index (χ0) is 14.5. The summed E-state index contributed by atoms with van der Waals surface area (Å²) >= 11 is 1.30. The molecule has 0 saturated carbocycles. The maximum absolute atomic E-state index is 11.9. The number of amides is 2. The maximum Gasteiger partial charge on any atom is 0.355 e. The van der Waals surface area contributed by atoms with Gasteiger partial charge < -0.3 is 15.3 Å². The van der Waals surface area contributed by atoms with Gasteiger partial charge in [-0.2, -0.15) is 0 Å². The van der Waals surface area contributed by atoms with Gasteiger partial charge in [-0.15, -0.1) is 11.3 Å². The van der Waals surface area contributed by atoms with Crippen molar-refractivity contribution in [2.45, 2.75) is 19.8 Å². The Morgan fingerprint density at radius 2 is 2.35 bits per heavy atom. The van der Waals surface area contributed by atoms with Gasteiger partial charge in [0.05, 0.1) is 5.01 Å².